The van der Waals surface area contributed by atoms with Crippen LogP contribution in [0.4, 0.5) is 5.82 Å². The number of piperazine rings is 1. The zero-order valence-electron chi connectivity index (χ0n) is 10.6. The van der Waals surface area contributed by atoms with Crippen LogP contribution in [0.2, 0.25) is 0 Å². The van der Waals surface area contributed by atoms with Gasteiger partial charge in [0.2, 0.25) is 0 Å². The lowest BCUT2D eigenvalue weighted by Gasteiger charge is -2.27. The highest BCUT2D eigenvalue weighted by Crippen LogP contribution is 2.29. The summed E-state index contributed by atoms with van der Waals surface area (Å²) >= 11 is 1.60. The smallest absolute Gasteiger partial charge is 0.353 e. The Hall–Kier alpha value is -1.26. The van der Waals surface area contributed by atoms with Gasteiger partial charge in [-0.05, 0) is 23.7 Å². The van der Waals surface area contributed by atoms with Crippen molar-refractivity contribution < 1.29 is 17.5 Å². The first kappa shape index (κ1) is 15.1. The van der Waals surface area contributed by atoms with E-state index in [1.54, 1.807) is 11.5 Å². The summed E-state index contributed by atoms with van der Waals surface area (Å²) in [6.07, 6.45) is 0. The van der Waals surface area contributed by atoms with Crippen LogP contribution in [0.5, 0.6) is 0 Å². The van der Waals surface area contributed by atoms with Gasteiger partial charge in [0.25, 0.3) is 0 Å². The van der Waals surface area contributed by atoms with E-state index in [0.29, 0.717) is 0 Å². The second-order valence-electron chi connectivity index (χ2n) is 4.19. The average Bonchev–Trinajstić information content (AvgIpc) is 2.81. The lowest BCUT2D eigenvalue weighted by atomic mass is 10.2. The Morgan fingerprint density at radius 2 is 1.80 bits per heavy atom. The summed E-state index contributed by atoms with van der Waals surface area (Å²) in [6, 6.07) is 8.46. The van der Waals surface area contributed by atoms with Crippen molar-refractivity contribution in [2.75, 3.05) is 31.1 Å². The van der Waals surface area contributed by atoms with Gasteiger partial charge in [0.15, 0.2) is 0 Å². The largest absolute Gasteiger partial charge is 0.394 e. The highest BCUT2D eigenvalue weighted by Gasteiger charge is 2.15. The first-order valence-corrected chi connectivity index (χ1v) is 8.12. The number of benzene rings is 1. The lowest BCUT2D eigenvalue weighted by molar-refractivity contribution is 0.381. The second kappa shape index (κ2) is 6.46. The molecule has 1 aliphatic rings. The van der Waals surface area contributed by atoms with Gasteiger partial charge in [-0.25, -0.2) is 0 Å². The van der Waals surface area contributed by atoms with Crippen LogP contribution in [-0.2, 0) is 10.4 Å². The molecule has 1 aliphatic heterocycles. The molecule has 1 saturated heterocycles. The van der Waals surface area contributed by atoms with Crippen LogP contribution in [-0.4, -0.2) is 48.1 Å². The molecule has 2 heterocycles. The third kappa shape index (κ3) is 4.39. The summed E-state index contributed by atoms with van der Waals surface area (Å²) < 4.78 is 37.4. The van der Waals surface area contributed by atoms with E-state index in [4.69, 9.17) is 17.5 Å². The molecule has 9 heteroatoms. The molecule has 1 aromatic carbocycles. The fourth-order valence-electron chi connectivity index (χ4n) is 1.98. The van der Waals surface area contributed by atoms with Crippen molar-refractivity contribution in [2.45, 2.75) is 0 Å². The van der Waals surface area contributed by atoms with Crippen LogP contribution in [0.25, 0.3) is 10.1 Å². The Balaban J connectivity index is 0.000000257. The second-order valence-corrected chi connectivity index (χ2v) is 5.89. The fourth-order valence-corrected chi connectivity index (χ4v) is 2.77. The predicted octanol–water partition coefficient (Wildman–Crippen LogP) is 1.05. The molecule has 110 valence electrons. The Morgan fingerprint density at radius 3 is 2.45 bits per heavy atom. The molecule has 0 bridgehead atoms. The third-order valence-electron chi connectivity index (χ3n) is 2.77. The van der Waals surface area contributed by atoms with Gasteiger partial charge in [-0.3, -0.25) is 9.11 Å². The maximum Gasteiger partial charge on any atom is 0.394 e. The summed E-state index contributed by atoms with van der Waals surface area (Å²) in [4.78, 5) is 2.37. The monoisotopic (exact) mass is 317 g/mol. The van der Waals surface area contributed by atoms with Gasteiger partial charge in [0.05, 0.1) is 4.70 Å². The van der Waals surface area contributed by atoms with E-state index in [0.717, 1.165) is 32.0 Å². The van der Waals surface area contributed by atoms with Gasteiger partial charge in [0.1, 0.15) is 5.82 Å². The molecule has 20 heavy (non-hydrogen) atoms. The number of fused-ring (bicyclic) bond motifs is 1. The molecule has 0 saturated carbocycles. The first-order chi connectivity index (χ1) is 9.45. The maximum absolute atomic E-state index is 8.74. The van der Waals surface area contributed by atoms with Gasteiger partial charge >= 0.3 is 10.4 Å². The lowest BCUT2D eigenvalue weighted by Crippen LogP contribution is -2.43. The summed E-state index contributed by atoms with van der Waals surface area (Å²) in [7, 11) is -4.67. The van der Waals surface area contributed by atoms with Crippen molar-refractivity contribution in [3.05, 3.63) is 24.3 Å². The maximum atomic E-state index is 8.74. The number of nitrogens with zero attached hydrogens (tertiary/aromatic N) is 2. The van der Waals surface area contributed by atoms with Crippen LogP contribution in [0.15, 0.2) is 24.3 Å². The standard InChI is InChI=1S/C11H13N3S.H2O4S/c1-2-4-10-9(3-1)11(13-15-10)14-7-5-12-6-8-14;1-5(2,3)4/h1-4,12H,5-8H2;(H2,1,2,3,4). The van der Waals surface area contributed by atoms with E-state index in [1.807, 2.05) is 0 Å². The number of nitrogens with one attached hydrogen (secondary N) is 1. The number of aromatic nitrogens is 1. The van der Waals surface area contributed by atoms with E-state index < -0.39 is 10.4 Å². The molecule has 0 unspecified atom stereocenters. The SMILES string of the molecule is O=S(=O)(O)O.c1ccc2c(N3CCNCC3)nsc2c1. The van der Waals surface area contributed by atoms with E-state index in [-0.39, 0.29) is 0 Å². The Labute approximate surface area is 121 Å². The predicted molar refractivity (Wildman–Crippen MR) is 78.9 cm³/mol. The molecule has 0 amide bonds. The van der Waals surface area contributed by atoms with E-state index in [1.165, 1.54) is 10.1 Å². The molecule has 7 nitrogen and oxygen atoms in total. The average molecular weight is 317 g/mol. The molecule has 3 N–H and O–H groups in total. The zero-order chi connectivity index (χ0) is 14.6. The van der Waals surface area contributed by atoms with Crippen molar-refractivity contribution in [1.82, 2.24) is 9.69 Å². The van der Waals surface area contributed by atoms with Crippen molar-refractivity contribution in [2.24, 2.45) is 0 Å². The topological polar surface area (TPSA) is 103 Å². The number of hydrogen-bond acceptors (Lipinski definition) is 6. The van der Waals surface area contributed by atoms with Gasteiger partial charge in [-0.2, -0.15) is 12.8 Å². The van der Waals surface area contributed by atoms with Crippen LogP contribution >= 0.6 is 11.5 Å². The van der Waals surface area contributed by atoms with Crippen LogP contribution in [0.3, 0.4) is 0 Å². The minimum absolute atomic E-state index is 1.06. The van der Waals surface area contributed by atoms with Crippen molar-refractivity contribution in [3.8, 4) is 0 Å². The molecule has 0 aliphatic carbocycles. The molecular formula is C11H15N3O4S2. The Morgan fingerprint density at radius 1 is 1.20 bits per heavy atom. The van der Waals surface area contributed by atoms with Crippen molar-refractivity contribution >= 4 is 37.8 Å². The molecular weight excluding hydrogens is 302 g/mol. The van der Waals surface area contributed by atoms with Gasteiger partial charge in [0, 0.05) is 31.6 Å². The normalized spacial score (nSPS) is 15.8. The quantitative estimate of drug-likeness (QED) is 0.676. The van der Waals surface area contributed by atoms with Gasteiger partial charge in [-0.15, -0.1) is 0 Å². The summed E-state index contributed by atoms with van der Waals surface area (Å²) in [6.45, 7) is 4.25. The highest BCUT2D eigenvalue weighted by molar-refractivity contribution is 7.79. The molecule has 3 rings (SSSR count). The highest BCUT2D eigenvalue weighted by atomic mass is 32.3. The molecule has 0 atom stereocenters. The number of anilines is 1. The van der Waals surface area contributed by atoms with Crippen molar-refractivity contribution in [3.63, 3.8) is 0 Å². The minimum atomic E-state index is -4.67. The zero-order valence-corrected chi connectivity index (χ0v) is 12.2. The molecule has 0 radical (unpaired) electrons. The Bertz CT molecular complexity index is 657. The van der Waals surface area contributed by atoms with E-state index in [2.05, 4.69) is 38.9 Å². The molecule has 0 spiro atoms. The number of rotatable bonds is 1. The van der Waals surface area contributed by atoms with Gasteiger partial charge in [-0.1, -0.05) is 12.1 Å². The summed E-state index contributed by atoms with van der Waals surface area (Å²) in [5.41, 5.74) is 0. The summed E-state index contributed by atoms with van der Waals surface area (Å²) in [5, 5.41) is 4.65. The van der Waals surface area contributed by atoms with E-state index >= 15 is 0 Å². The first-order valence-electron chi connectivity index (χ1n) is 5.95. The van der Waals surface area contributed by atoms with E-state index in [9.17, 15) is 0 Å². The van der Waals surface area contributed by atoms with Crippen molar-refractivity contribution in [1.29, 1.82) is 0 Å². The van der Waals surface area contributed by atoms with Crippen LogP contribution < -0.4 is 10.2 Å². The number of hydrogen-bond donors (Lipinski definition) is 3. The minimum Gasteiger partial charge on any atom is -0.353 e. The molecule has 2 aromatic rings. The molecule has 1 fully saturated rings. The fraction of sp³-hybridized carbons (Fsp3) is 0.364. The summed E-state index contributed by atoms with van der Waals surface area (Å²) in [5.74, 6) is 1.16. The van der Waals surface area contributed by atoms with Crippen LogP contribution in [0.1, 0.15) is 0 Å². The Kier molecular flexibility index (Phi) is 4.89. The molecule has 1 aromatic heterocycles. The van der Waals surface area contributed by atoms with Gasteiger partial charge < -0.3 is 10.2 Å². The third-order valence-corrected chi connectivity index (χ3v) is 3.59. The van der Waals surface area contributed by atoms with Crippen LogP contribution in [0, 0.1) is 0 Å².